The van der Waals surface area contributed by atoms with Gasteiger partial charge in [-0.05, 0) is 43.4 Å². The summed E-state index contributed by atoms with van der Waals surface area (Å²) in [4.78, 5) is 4.51. The molecular formula is C16H27FIN3. The summed E-state index contributed by atoms with van der Waals surface area (Å²) in [7, 11) is 0. The van der Waals surface area contributed by atoms with Gasteiger partial charge in [0, 0.05) is 19.6 Å². The van der Waals surface area contributed by atoms with Crippen LogP contribution in [0.3, 0.4) is 0 Å². The molecule has 5 heteroatoms. The first kappa shape index (κ1) is 20.1. The second kappa shape index (κ2) is 11.8. The molecule has 1 rings (SSSR count). The molecule has 0 fully saturated rings. The lowest BCUT2D eigenvalue weighted by Crippen LogP contribution is -2.38. The van der Waals surface area contributed by atoms with Gasteiger partial charge >= 0.3 is 0 Å². The van der Waals surface area contributed by atoms with Crippen molar-refractivity contribution in [2.75, 3.05) is 19.6 Å². The Morgan fingerprint density at radius 1 is 1.29 bits per heavy atom. The maximum Gasteiger partial charge on any atom is 0.191 e. The van der Waals surface area contributed by atoms with Crippen LogP contribution in [0.1, 0.15) is 32.8 Å². The highest BCUT2D eigenvalue weighted by atomic mass is 127. The highest BCUT2D eigenvalue weighted by molar-refractivity contribution is 14.0. The van der Waals surface area contributed by atoms with Crippen molar-refractivity contribution in [2.45, 2.75) is 33.6 Å². The fraction of sp³-hybridized carbons (Fsp3) is 0.562. The largest absolute Gasteiger partial charge is 0.357 e. The molecule has 0 saturated heterocycles. The molecule has 0 aliphatic rings. The van der Waals surface area contributed by atoms with E-state index < -0.39 is 0 Å². The van der Waals surface area contributed by atoms with Gasteiger partial charge in [-0.15, -0.1) is 24.0 Å². The fourth-order valence-electron chi connectivity index (χ4n) is 1.81. The molecule has 0 radical (unpaired) electrons. The third kappa shape index (κ3) is 9.66. The van der Waals surface area contributed by atoms with E-state index in [1.54, 1.807) is 12.1 Å². The maximum absolute atomic E-state index is 13.0. The van der Waals surface area contributed by atoms with Crippen molar-refractivity contribution in [1.82, 2.24) is 10.6 Å². The Balaban J connectivity index is 0.00000400. The Hall–Kier alpha value is -0.850. The molecule has 0 bridgehead atoms. The highest BCUT2D eigenvalue weighted by Crippen LogP contribution is 2.05. The molecule has 0 aliphatic heterocycles. The summed E-state index contributed by atoms with van der Waals surface area (Å²) in [6.07, 6.45) is 1.82. The summed E-state index contributed by atoms with van der Waals surface area (Å²) >= 11 is 0. The Morgan fingerprint density at radius 2 is 2.05 bits per heavy atom. The zero-order valence-electron chi connectivity index (χ0n) is 13.2. The molecule has 1 aromatic carbocycles. The van der Waals surface area contributed by atoms with Gasteiger partial charge in [0.15, 0.2) is 5.96 Å². The molecule has 0 heterocycles. The van der Waals surface area contributed by atoms with E-state index >= 15 is 0 Å². The Bertz CT molecular complexity index is 422. The van der Waals surface area contributed by atoms with E-state index in [1.165, 1.54) is 6.07 Å². The Kier molecular flexibility index (Phi) is 11.3. The van der Waals surface area contributed by atoms with Crippen LogP contribution in [0.2, 0.25) is 0 Å². The van der Waals surface area contributed by atoms with E-state index in [0.29, 0.717) is 5.92 Å². The van der Waals surface area contributed by atoms with Crippen molar-refractivity contribution in [3.05, 3.63) is 35.6 Å². The van der Waals surface area contributed by atoms with Crippen LogP contribution >= 0.6 is 24.0 Å². The molecule has 0 amide bonds. The Morgan fingerprint density at radius 3 is 2.67 bits per heavy atom. The molecule has 0 spiro atoms. The average Bonchev–Trinajstić information content (AvgIpc) is 2.40. The lowest BCUT2D eigenvalue weighted by Gasteiger charge is -2.12. The van der Waals surface area contributed by atoms with Crippen molar-refractivity contribution >= 4 is 29.9 Å². The lowest BCUT2D eigenvalue weighted by atomic mass is 10.1. The van der Waals surface area contributed by atoms with Crippen molar-refractivity contribution in [1.29, 1.82) is 0 Å². The molecule has 0 unspecified atom stereocenters. The zero-order chi connectivity index (χ0) is 14.8. The van der Waals surface area contributed by atoms with Gasteiger partial charge in [0.1, 0.15) is 5.82 Å². The SMILES string of the molecule is CCNC(=NCC(C)C)NCCCc1cccc(F)c1.I. The third-order valence-electron chi connectivity index (χ3n) is 2.78. The van der Waals surface area contributed by atoms with Crippen LogP contribution in [-0.2, 0) is 6.42 Å². The lowest BCUT2D eigenvalue weighted by molar-refractivity contribution is 0.624. The first-order valence-corrected chi connectivity index (χ1v) is 7.38. The molecule has 0 aliphatic carbocycles. The van der Waals surface area contributed by atoms with Gasteiger partial charge in [-0.3, -0.25) is 4.99 Å². The number of aliphatic imine (C=N–C) groups is 1. The van der Waals surface area contributed by atoms with Gasteiger partial charge in [0.05, 0.1) is 0 Å². The number of benzene rings is 1. The number of guanidine groups is 1. The average molecular weight is 407 g/mol. The van der Waals surface area contributed by atoms with E-state index in [4.69, 9.17) is 0 Å². The molecular weight excluding hydrogens is 380 g/mol. The van der Waals surface area contributed by atoms with Gasteiger partial charge in [-0.2, -0.15) is 0 Å². The molecule has 0 saturated carbocycles. The number of aryl methyl sites for hydroxylation is 1. The van der Waals surface area contributed by atoms with E-state index in [-0.39, 0.29) is 29.8 Å². The third-order valence-corrected chi connectivity index (χ3v) is 2.78. The number of nitrogens with zero attached hydrogens (tertiary/aromatic N) is 1. The van der Waals surface area contributed by atoms with Crippen LogP contribution in [-0.4, -0.2) is 25.6 Å². The summed E-state index contributed by atoms with van der Waals surface area (Å²) in [6.45, 7) is 8.86. The van der Waals surface area contributed by atoms with Crippen LogP contribution in [0.15, 0.2) is 29.3 Å². The fourth-order valence-corrected chi connectivity index (χ4v) is 1.81. The summed E-state index contributed by atoms with van der Waals surface area (Å²) in [5.74, 6) is 1.25. The van der Waals surface area contributed by atoms with E-state index in [1.807, 2.05) is 6.07 Å². The van der Waals surface area contributed by atoms with E-state index in [0.717, 1.165) is 44.0 Å². The molecule has 0 aromatic heterocycles. The maximum atomic E-state index is 13.0. The first-order valence-electron chi connectivity index (χ1n) is 7.38. The summed E-state index contributed by atoms with van der Waals surface area (Å²) in [5.41, 5.74) is 1.04. The minimum Gasteiger partial charge on any atom is -0.357 e. The smallest absolute Gasteiger partial charge is 0.191 e. The zero-order valence-corrected chi connectivity index (χ0v) is 15.5. The second-order valence-electron chi connectivity index (χ2n) is 5.27. The van der Waals surface area contributed by atoms with Crippen LogP contribution in [0, 0.1) is 11.7 Å². The molecule has 2 N–H and O–H groups in total. The van der Waals surface area contributed by atoms with Gasteiger partial charge in [-0.25, -0.2) is 4.39 Å². The normalized spacial score (nSPS) is 11.2. The van der Waals surface area contributed by atoms with Crippen molar-refractivity contribution in [3.63, 3.8) is 0 Å². The summed E-state index contributed by atoms with van der Waals surface area (Å²) in [6, 6.07) is 6.79. The van der Waals surface area contributed by atoms with Crippen molar-refractivity contribution in [3.8, 4) is 0 Å². The van der Waals surface area contributed by atoms with Gasteiger partial charge in [0.2, 0.25) is 0 Å². The Labute approximate surface area is 144 Å². The standard InChI is InChI=1S/C16H26FN3.HI/c1-4-18-16(20-12-13(2)3)19-10-6-8-14-7-5-9-15(17)11-14;/h5,7,9,11,13H,4,6,8,10,12H2,1-3H3,(H2,18,19,20);1H. The molecule has 120 valence electrons. The molecule has 1 aromatic rings. The van der Waals surface area contributed by atoms with Crippen LogP contribution in [0.4, 0.5) is 4.39 Å². The van der Waals surface area contributed by atoms with Crippen molar-refractivity contribution in [2.24, 2.45) is 10.9 Å². The minimum atomic E-state index is -0.165. The number of hydrogen-bond donors (Lipinski definition) is 2. The predicted molar refractivity (Wildman–Crippen MR) is 99.0 cm³/mol. The quantitative estimate of drug-likeness (QED) is 0.314. The first-order chi connectivity index (χ1) is 9.61. The number of hydrogen-bond acceptors (Lipinski definition) is 1. The molecule has 21 heavy (non-hydrogen) atoms. The van der Waals surface area contributed by atoms with E-state index in [2.05, 4.69) is 36.4 Å². The highest BCUT2D eigenvalue weighted by Gasteiger charge is 1.99. The van der Waals surface area contributed by atoms with Gasteiger partial charge in [-0.1, -0.05) is 26.0 Å². The van der Waals surface area contributed by atoms with Gasteiger partial charge < -0.3 is 10.6 Å². The van der Waals surface area contributed by atoms with E-state index in [9.17, 15) is 4.39 Å². The van der Waals surface area contributed by atoms with Crippen molar-refractivity contribution < 1.29 is 4.39 Å². The second-order valence-corrected chi connectivity index (χ2v) is 5.27. The number of nitrogens with one attached hydrogen (secondary N) is 2. The summed E-state index contributed by atoms with van der Waals surface area (Å²) < 4.78 is 13.0. The monoisotopic (exact) mass is 407 g/mol. The van der Waals surface area contributed by atoms with Crippen LogP contribution in [0.25, 0.3) is 0 Å². The van der Waals surface area contributed by atoms with Gasteiger partial charge in [0.25, 0.3) is 0 Å². The molecule has 0 atom stereocenters. The summed E-state index contributed by atoms with van der Waals surface area (Å²) in [5, 5.41) is 6.53. The van der Waals surface area contributed by atoms with Crippen LogP contribution in [0.5, 0.6) is 0 Å². The number of rotatable bonds is 7. The molecule has 3 nitrogen and oxygen atoms in total. The topological polar surface area (TPSA) is 36.4 Å². The predicted octanol–water partition coefficient (Wildman–Crippen LogP) is 3.59. The van der Waals surface area contributed by atoms with Crippen LogP contribution < -0.4 is 10.6 Å². The number of halogens is 2. The minimum absolute atomic E-state index is 0.